The third kappa shape index (κ3) is 4.40. The second kappa shape index (κ2) is 9.54. The van der Waals surface area contributed by atoms with Crippen molar-refractivity contribution in [1.82, 2.24) is 9.88 Å². The van der Waals surface area contributed by atoms with Gasteiger partial charge in [0, 0.05) is 24.2 Å². The Balaban J connectivity index is 1.47. The molecule has 7 nitrogen and oxygen atoms in total. The number of aliphatic imine (C=N–C) groups is 1. The number of carbonyl (C=O) groups is 1. The largest absolute Gasteiger partial charge is 0.378 e. The molecule has 5 rings (SSSR count). The van der Waals surface area contributed by atoms with Crippen LogP contribution in [0.5, 0.6) is 0 Å². The van der Waals surface area contributed by atoms with E-state index in [-0.39, 0.29) is 34.3 Å². The first-order valence-electron chi connectivity index (χ1n) is 12.2. The Hall–Kier alpha value is -3.29. The molecule has 2 aliphatic heterocycles. The molecule has 10 heteroatoms. The van der Waals surface area contributed by atoms with Crippen molar-refractivity contribution < 1.29 is 18.3 Å². The van der Waals surface area contributed by atoms with Gasteiger partial charge in [0.25, 0.3) is 0 Å². The number of amides is 1. The number of halogens is 2. The molecular formula is C27H27F2N5O2S. The molecule has 1 aliphatic carbocycles. The van der Waals surface area contributed by atoms with Crippen LogP contribution in [0.1, 0.15) is 49.1 Å². The highest BCUT2D eigenvalue weighted by Gasteiger charge is 2.71. The number of rotatable bonds is 5. The van der Waals surface area contributed by atoms with Crippen LogP contribution in [0, 0.1) is 23.1 Å². The summed E-state index contributed by atoms with van der Waals surface area (Å²) in [5.74, 6) is -1.38. The Bertz CT molecular complexity index is 1340. The third-order valence-electron chi connectivity index (χ3n) is 7.51. The molecule has 1 saturated heterocycles. The quantitative estimate of drug-likeness (QED) is 0.629. The van der Waals surface area contributed by atoms with Gasteiger partial charge in [0.2, 0.25) is 5.91 Å². The average Bonchev–Trinajstić information content (AvgIpc) is 3.66. The van der Waals surface area contributed by atoms with Crippen LogP contribution >= 0.6 is 11.8 Å². The lowest BCUT2D eigenvalue weighted by Gasteiger charge is -2.40. The molecular weight excluding hydrogens is 496 g/mol. The minimum atomic E-state index is -1.09. The van der Waals surface area contributed by atoms with E-state index >= 15 is 4.39 Å². The van der Waals surface area contributed by atoms with Crippen LogP contribution in [0.15, 0.2) is 41.5 Å². The number of nitrogens with two attached hydrogens (primary N) is 1. The van der Waals surface area contributed by atoms with Gasteiger partial charge in [-0.15, -0.1) is 0 Å². The number of benzene rings is 1. The number of nitriles is 1. The van der Waals surface area contributed by atoms with Crippen molar-refractivity contribution in [3.05, 3.63) is 64.7 Å². The minimum Gasteiger partial charge on any atom is -0.378 e. The molecule has 2 fully saturated rings. The summed E-state index contributed by atoms with van der Waals surface area (Å²) in [5, 5.41) is 9.15. The van der Waals surface area contributed by atoms with Gasteiger partial charge >= 0.3 is 0 Å². The van der Waals surface area contributed by atoms with Crippen molar-refractivity contribution >= 4 is 34.7 Å². The van der Waals surface area contributed by atoms with Gasteiger partial charge < -0.3 is 15.4 Å². The van der Waals surface area contributed by atoms with Crippen LogP contribution in [0.4, 0.5) is 8.78 Å². The molecule has 1 unspecified atom stereocenters. The molecule has 0 bridgehead atoms. The van der Waals surface area contributed by atoms with Crippen molar-refractivity contribution in [2.45, 2.75) is 43.0 Å². The lowest BCUT2D eigenvalue weighted by atomic mass is 9.84. The Morgan fingerprint density at radius 3 is 2.92 bits per heavy atom. The summed E-state index contributed by atoms with van der Waals surface area (Å²) in [4.78, 5) is 24.3. The molecule has 37 heavy (non-hydrogen) atoms. The fourth-order valence-corrected chi connectivity index (χ4v) is 6.83. The maximum Gasteiger partial charge on any atom is 0.240 e. The van der Waals surface area contributed by atoms with Gasteiger partial charge in [-0.1, -0.05) is 24.8 Å². The van der Waals surface area contributed by atoms with E-state index in [1.807, 2.05) is 17.9 Å². The van der Waals surface area contributed by atoms with Gasteiger partial charge in [-0.3, -0.25) is 14.8 Å². The van der Waals surface area contributed by atoms with Crippen LogP contribution < -0.4 is 5.73 Å². The van der Waals surface area contributed by atoms with Crippen LogP contribution in [-0.4, -0.2) is 51.5 Å². The minimum absolute atomic E-state index is 0.00359. The molecule has 192 valence electrons. The summed E-state index contributed by atoms with van der Waals surface area (Å²) in [6, 6.07) is 9.14. The summed E-state index contributed by atoms with van der Waals surface area (Å²) >= 11 is 1.27. The number of fused-ring (bicyclic) bond motifs is 1. The number of aromatic nitrogens is 1. The molecule has 0 spiro atoms. The van der Waals surface area contributed by atoms with Crippen molar-refractivity contribution in [2.75, 3.05) is 19.8 Å². The highest BCUT2D eigenvalue weighted by Crippen LogP contribution is 2.66. The SMILES string of the molecule is CCC1COCCN1C(=O)[C@]12C[C@H]1[C@@](C)(c1cc(/C=C(\F)c3ccc(C#N)cn3)ccc1F)N=C(N)S2. The van der Waals surface area contributed by atoms with E-state index in [9.17, 15) is 9.18 Å². The first-order chi connectivity index (χ1) is 17.7. The standard InChI is InChI=1S/C27H27F2N5O2S/c1-3-18-15-36-9-8-34(18)24(35)27-12-23(27)26(2,33-25(31)37-27)19-10-16(4-6-20(19)28)11-21(29)22-7-5-17(13-30)14-32-22/h4-7,10-11,14,18,23H,3,8-9,12,15H2,1-2H3,(H2,31,33)/b21-11-/t18?,23-,26+,27-/m0/s1. The zero-order valence-electron chi connectivity index (χ0n) is 20.6. The highest BCUT2D eigenvalue weighted by molar-refractivity contribution is 8.15. The number of hydrogen-bond acceptors (Lipinski definition) is 7. The normalized spacial score (nSPS) is 29.2. The van der Waals surface area contributed by atoms with Gasteiger partial charge in [-0.25, -0.2) is 8.78 Å². The molecule has 2 aromatic rings. The lowest BCUT2D eigenvalue weighted by Crippen LogP contribution is -2.54. The Morgan fingerprint density at radius 2 is 2.22 bits per heavy atom. The second-order valence-corrected chi connectivity index (χ2v) is 11.1. The summed E-state index contributed by atoms with van der Waals surface area (Å²) in [6.45, 7) is 5.31. The van der Waals surface area contributed by atoms with Crippen LogP contribution in [-0.2, 0) is 15.1 Å². The van der Waals surface area contributed by atoms with E-state index in [1.165, 1.54) is 48.3 Å². The van der Waals surface area contributed by atoms with E-state index in [4.69, 9.17) is 15.7 Å². The molecule has 1 aromatic carbocycles. The van der Waals surface area contributed by atoms with Gasteiger partial charge in [-0.05, 0) is 55.7 Å². The maximum absolute atomic E-state index is 15.3. The van der Waals surface area contributed by atoms with Gasteiger partial charge in [0.05, 0.1) is 36.1 Å². The van der Waals surface area contributed by atoms with Gasteiger partial charge in [0.15, 0.2) is 5.17 Å². The number of nitrogens with zero attached hydrogens (tertiary/aromatic N) is 4. The number of hydrogen-bond donors (Lipinski definition) is 1. The number of amidine groups is 1. The van der Waals surface area contributed by atoms with Crippen LogP contribution in [0.3, 0.4) is 0 Å². The first kappa shape index (κ1) is 25.4. The predicted molar refractivity (Wildman–Crippen MR) is 138 cm³/mol. The molecule has 0 radical (unpaired) electrons. The molecule has 1 saturated carbocycles. The van der Waals surface area contributed by atoms with E-state index in [0.717, 1.165) is 6.42 Å². The molecule has 3 aliphatic rings. The van der Waals surface area contributed by atoms with Crippen molar-refractivity contribution in [1.29, 1.82) is 5.26 Å². The number of carbonyl (C=O) groups excluding carboxylic acids is 1. The predicted octanol–water partition coefficient (Wildman–Crippen LogP) is 4.23. The highest BCUT2D eigenvalue weighted by atomic mass is 32.2. The van der Waals surface area contributed by atoms with E-state index < -0.39 is 21.9 Å². The zero-order valence-corrected chi connectivity index (χ0v) is 21.4. The average molecular weight is 524 g/mol. The van der Waals surface area contributed by atoms with Crippen molar-refractivity contribution in [2.24, 2.45) is 16.6 Å². The monoisotopic (exact) mass is 523 g/mol. The second-order valence-electron chi connectivity index (χ2n) is 9.76. The smallest absolute Gasteiger partial charge is 0.240 e. The van der Waals surface area contributed by atoms with Gasteiger partial charge in [0.1, 0.15) is 22.5 Å². The van der Waals surface area contributed by atoms with E-state index in [0.29, 0.717) is 37.3 Å². The molecule has 2 N–H and O–H groups in total. The van der Waals surface area contributed by atoms with E-state index in [1.54, 1.807) is 13.0 Å². The zero-order chi connectivity index (χ0) is 26.4. The lowest BCUT2D eigenvalue weighted by molar-refractivity contribution is -0.140. The topological polar surface area (TPSA) is 105 Å². The van der Waals surface area contributed by atoms with Crippen molar-refractivity contribution in [3.8, 4) is 6.07 Å². The van der Waals surface area contributed by atoms with E-state index in [2.05, 4.69) is 9.98 Å². The van der Waals surface area contributed by atoms with Gasteiger partial charge in [-0.2, -0.15) is 5.26 Å². The van der Waals surface area contributed by atoms with Crippen LogP contribution in [0.25, 0.3) is 11.9 Å². The fraction of sp³-hybridized carbons (Fsp3) is 0.407. The number of morpholine rings is 1. The molecule has 4 atom stereocenters. The number of ether oxygens (including phenoxy) is 1. The Morgan fingerprint density at radius 1 is 1.41 bits per heavy atom. The van der Waals surface area contributed by atoms with Crippen molar-refractivity contribution in [3.63, 3.8) is 0 Å². The Kier molecular flexibility index (Phi) is 6.54. The summed E-state index contributed by atoms with van der Waals surface area (Å²) in [6.07, 6.45) is 3.85. The first-order valence-corrected chi connectivity index (χ1v) is 13.0. The molecule has 3 heterocycles. The molecule has 1 amide bonds. The summed E-state index contributed by atoms with van der Waals surface area (Å²) < 4.78 is 35.0. The van der Waals surface area contributed by atoms with Crippen LogP contribution in [0.2, 0.25) is 0 Å². The summed E-state index contributed by atoms with van der Waals surface area (Å²) in [7, 11) is 0. The Labute approximate surface area is 218 Å². The fourth-order valence-electron chi connectivity index (χ4n) is 5.40. The number of pyridine rings is 1. The number of thioether (sulfide) groups is 1. The molecule has 1 aromatic heterocycles. The third-order valence-corrected chi connectivity index (χ3v) is 8.80. The maximum atomic E-state index is 15.3. The summed E-state index contributed by atoms with van der Waals surface area (Å²) in [5.41, 5.74) is 6.23.